The van der Waals surface area contributed by atoms with E-state index in [-0.39, 0.29) is 28.7 Å². The highest BCUT2D eigenvalue weighted by atomic mass is 31.2. The van der Waals surface area contributed by atoms with Crippen LogP contribution in [0, 0.1) is 0 Å². The molecule has 1 fully saturated rings. The Morgan fingerprint density at radius 2 is 1.92 bits per heavy atom. The van der Waals surface area contributed by atoms with E-state index in [9.17, 15) is 19.6 Å². The van der Waals surface area contributed by atoms with E-state index in [1.54, 1.807) is 44.2 Å². The summed E-state index contributed by atoms with van der Waals surface area (Å²) >= 11 is 0. The predicted octanol–water partition coefficient (Wildman–Crippen LogP) is 1.17. The van der Waals surface area contributed by atoms with E-state index in [0.29, 0.717) is 0 Å². The van der Waals surface area contributed by atoms with Crippen LogP contribution in [0.2, 0.25) is 0 Å². The van der Waals surface area contributed by atoms with Gasteiger partial charge in [0.1, 0.15) is 30.1 Å². The summed E-state index contributed by atoms with van der Waals surface area (Å²) in [4.78, 5) is 24.6. The number of aliphatic hydroxyl groups is 2. The van der Waals surface area contributed by atoms with E-state index in [2.05, 4.69) is 20.0 Å². The van der Waals surface area contributed by atoms with Gasteiger partial charge in [-0.3, -0.25) is 13.9 Å². The molecule has 0 radical (unpaired) electrons. The zero-order valence-corrected chi connectivity index (χ0v) is 22.6. The number of anilines is 1. The molecule has 212 valence electrons. The topological polar surface area (TPSA) is 202 Å². The number of carbonyl (C=O) groups excluding carboxylic acids is 1. The fourth-order valence-corrected chi connectivity index (χ4v) is 5.34. The minimum atomic E-state index is -4.23. The van der Waals surface area contributed by atoms with Crippen LogP contribution in [-0.2, 0) is 23.4 Å². The third kappa shape index (κ3) is 6.46. The third-order valence-corrected chi connectivity index (χ3v) is 7.29. The van der Waals surface area contributed by atoms with Crippen LogP contribution >= 0.6 is 7.75 Å². The van der Waals surface area contributed by atoms with Crippen molar-refractivity contribution in [3.8, 4) is 11.6 Å². The second kappa shape index (κ2) is 11.8. The standard InChI is InChI=1S/C23H31N6O9P/c1-12(2)36-22(32)13(3)28-39(33,38-14-8-6-5-7-9-14)35-10-15-17(30)18(31)21(37-15)29-11-25-16-19(29)26-23(24)27-20(16)34-4/h5-9,11-13,15,17-18,21,30-31H,10H2,1-4H3,(H,28,33)(H2,24,26,27). The lowest BCUT2D eigenvalue weighted by Gasteiger charge is -2.25. The highest BCUT2D eigenvalue weighted by Crippen LogP contribution is 2.46. The number of nitrogens with zero attached hydrogens (tertiary/aromatic N) is 4. The molecule has 0 spiro atoms. The molecule has 0 bridgehead atoms. The van der Waals surface area contributed by atoms with Crippen LogP contribution in [0.1, 0.15) is 27.0 Å². The van der Waals surface area contributed by atoms with Gasteiger partial charge in [0.05, 0.1) is 26.1 Å². The molecule has 0 aliphatic carbocycles. The molecule has 1 aliphatic heterocycles. The van der Waals surface area contributed by atoms with Crippen molar-refractivity contribution in [3.05, 3.63) is 36.7 Å². The molecule has 6 unspecified atom stereocenters. The SMILES string of the molecule is COc1nc(N)nc2c1ncn2C1OC(COP(=O)(NC(C)C(=O)OC(C)C)Oc2ccccc2)C(O)C1O. The first-order valence-corrected chi connectivity index (χ1v) is 13.6. The number of hydrogen-bond donors (Lipinski definition) is 4. The summed E-state index contributed by atoms with van der Waals surface area (Å²) in [6.07, 6.45) is -4.27. The van der Waals surface area contributed by atoms with Gasteiger partial charge in [-0.2, -0.15) is 15.1 Å². The number of benzene rings is 1. The van der Waals surface area contributed by atoms with Crippen LogP contribution < -0.4 is 20.1 Å². The van der Waals surface area contributed by atoms with E-state index >= 15 is 0 Å². The summed E-state index contributed by atoms with van der Waals surface area (Å²) in [5, 5.41) is 24.0. The Bertz CT molecular complexity index is 1340. The van der Waals surface area contributed by atoms with Gasteiger partial charge in [-0.1, -0.05) is 18.2 Å². The number of fused-ring (bicyclic) bond motifs is 1. The molecule has 0 saturated carbocycles. The Morgan fingerprint density at radius 3 is 2.59 bits per heavy atom. The molecule has 5 N–H and O–H groups in total. The molecule has 4 rings (SSSR count). The number of nitrogen functional groups attached to an aromatic ring is 1. The predicted molar refractivity (Wildman–Crippen MR) is 137 cm³/mol. The average Bonchev–Trinajstić information content (AvgIpc) is 3.42. The fourth-order valence-electron chi connectivity index (χ4n) is 3.84. The Labute approximate surface area is 223 Å². The van der Waals surface area contributed by atoms with Gasteiger partial charge in [-0.15, -0.1) is 0 Å². The maximum absolute atomic E-state index is 13.7. The molecular weight excluding hydrogens is 535 g/mol. The van der Waals surface area contributed by atoms with E-state index in [4.69, 9.17) is 29.0 Å². The number of methoxy groups -OCH3 is 1. The highest BCUT2D eigenvalue weighted by Gasteiger charge is 2.46. The van der Waals surface area contributed by atoms with Crippen molar-refractivity contribution in [2.45, 2.75) is 57.5 Å². The molecule has 0 amide bonds. The number of esters is 1. The van der Waals surface area contributed by atoms with E-state index < -0.39 is 57.0 Å². The van der Waals surface area contributed by atoms with Gasteiger partial charge in [-0.05, 0) is 32.9 Å². The number of nitrogens with two attached hydrogens (primary N) is 1. The van der Waals surface area contributed by atoms with E-state index in [1.165, 1.54) is 24.9 Å². The van der Waals surface area contributed by atoms with Crippen LogP contribution in [0.25, 0.3) is 11.2 Å². The van der Waals surface area contributed by atoms with E-state index in [0.717, 1.165) is 0 Å². The number of aromatic nitrogens is 4. The lowest BCUT2D eigenvalue weighted by atomic mass is 10.1. The monoisotopic (exact) mass is 566 g/mol. The number of ether oxygens (including phenoxy) is 3. The molecule has 15 nitrogen and oxygen atoms in total. The summed E-state index contributed by atoms with van der Waals surface area (Å²) in [5.74, 6) is -0.426. The first-order valence-electron chi connectivity index (χ1n) is 12.0. The number of nitrogens with one attached hydrogen (secondary N) is 1. The molecule has 1 saturated heterocycles. The molecule has 1 aliphatic rings. The van der Waals surface area contributed by atoms with Gasteiger partial charge >= 0.3 is 13.7 Å². The second-order valence-electron chi connectivity index (χ2n) is 9.00. The van der Waals surface area contributed by atoms with Crippen LogP contribution in [0.5, 0.6) is 11.6 Å². The molecule has 39 heavy (non-hydrogen) atoms. The van der Waals surface area contributed by atoms with Crippen molar-refractivity contribution >= 4 is 30.8 Å². The van der Waals surface area contributed by atoms with Crippen LogP contribution in [-0.4, -0.2) is 79.9 Å². The summed E-state index contributed by atoms with van der Waals surface area (Å²) in [7, 11) is -2.83. The van der Waals surface area contributed by atoms with Gasteiger partial charge in [0.25, 0.3) is 0 Å². The molecule has 1 aromatic carbocycles. The minimum Gasteiger partial charge on any atom is -0.479 e. The summed E-state index contributed by atoms with van der Waals surface area (Å²) in [5.41, 5.74) is 6.23. The number of rotatable bonds is 11. The smallest absolute Gasteiger partial charge is 0.459 e. The zero-order chi connectivity index (χ0) is 28.3. The normalized spacial score (nSPS) is 23.5. The Balaban J connectivity index is 1.52. The van der Waals surface area contributed by atoms with Crippen molar-refractivity contribution in [3.63, 3.8) is 0 Å². The fraction of sp³-hybridized carbons (Fsp3) is 0.478. The first kappa shape index (κ1) is 28.7. The molecule has 3 heterocycles. The molecular formula is C23H31N6O9P. The summed E-state index contributed by atoms with van der Waals surface area (Å²) in [6.45, 7) is 4.33. The first-order chi connectivity index (χ1) is 18.5. The number of hydrogen-bond acceptors (Lipinski definition) is 13. The lowest BCUT2D eigenvalue weighted by Crippen LogP contribution is -2.38. The maximum Gasteiger partial charge on any atom is 0.459 e. The van der Waals surface area contributed by atoms with Crippen LogP contribution in [0.15, 0.2) is 36.7 Å². The Hall–Kier alpha value is -3.33. The lowest BCUT2D eigenvalue weighted by molar-refractivity contribution is -0.149. The van der Waals surface area contributed by atoms with Crippen molar-refractivity contribution < 1.29 is 42.8 Å². The Kier molecular flexibility index (Phi) is 8.69. The van der Waals surface area contributed by atoms with Gasteiger partial charge in [0, 0.05) is 0 Å². The largest absolute Gasteiger partial charge is 0.479 e. The second-order valence-corrected chi connectivity index (χ2v) is 10.7. The molecule has 3 aromatic rings. The zero-order valence-electron chi connectivity index (χ0n) is 21.7. The van der Waals surface area contributed by atoms with Crippen molar-refractivity contribution in [1.29, 1.82) is 0 Å². The number of para-hydroxylation sites is 1. The summed E-state index contributed by atoms with van der Waals surface area (Å²) < 4.78 is 42.5. The number of imidazole rings is 1. The third-order valence-electron chi connectivity index (χ3n) is 5.65. The molecule has 2 aromatic heterocycles. The van der Waals surface area contributed by atoms with Gasteiger partial charge in [0.2, 0.25) is 11.8 Å². The van der Waals surface area contributed by atoms with Gasteiger partial charge in [-0.25, -0.2) is 9.55 Å². The minimum absolute atomic E-state index is 0.0933. The number of aliphatic hydroxyl groups excluding tert-OH is 2. The Morgan fingerprint density at radius 1 is 1.21 bits per heavy atom. The molecule has 6 atom stereocenters. The van der Waals surface area contributed by atoms with Gasteiger partial charge in [0.15, 0.2) is 17.4 Å². The van der Waals surface area contributed by atoms with E-state index in [1.807, 2.05) is 0 Å². The average molecular weight is 567 g/mol. The summed E-state index contributed by atoms with van der Waals surface area (Å²) in [6, 6.07) is 7.13. The maximum atomic E-state index is 13.7. The van der Waals surface area contributed by atoms with Crippen molar-refractivity contribution in [1.82, 2.24) is 24.6 Å². The molecule has 16 heteroatoms. The van der Waals surface area contributed by atoms with Crippen LogP contribution in [0.4, 0.5) is 5.95 Å². The number of carbonyl (C=O) groups is 1. The van der Waals surface area contributed by atoms with Gasteiger partial charge < -0.3 is 34.7 Å². The van der Waals surface area contributed by atoms with Crippen molar-refractivity contribution in [2.24, 2.45) is 0 Å². The highest BCUT2D eigenvalue weighted by molar-refractivity contribution is 7.52. The quantitative estimate of drug-likeness (QED) is 0.190. The van der Waals surface area contributed by atoms with Crippen LogP contribution in [0.3, 0.4) is 0 Å². The van der Waals surface area contributed by atoms with Crippen molar-refractivity contribution in [2.75, 3.05) is 19.5 Å².